The van der Waals surface area contributed by atoms with Crippen LogP contribution in [0.4, 0.5) is 0 Å². The van der Waals surface area contributed by atoms with Crippen LogP contribution in [0.5, 0.6) is 11.5 Å². The minimum absolute atomic E-state index is 0.352. The minimum Gasteiger partial charge on any atom is -0.454 e. The van der Waals surface area contributed by atoms with Crippen LogP contribution in [0.25, 0.3) is 0 Å². The Kier molecular flexibility index (Phi) is 2.91. The van der Waals surface area contributed by atoms with Gasteiger partial charge in [-0.2, -0.15) is 0 Å². The molecule has 1 aromatic rings. The van der Waals surface area contributed by atoms with Crippen molar-refractivity contribution in [3.05, 3.63) is 23.8 Å². The topological polar surface area (TPSA) is 42.5 Å². The third-order valence-corrected chi connectivity index (χ3v) is 3.39. The number of fused-ring (bicyclic) bond motifs is 1. The van der Waals surface area contributed by atoms with Crippen molar-refractivity contribution in [1.29, 1.82) is 0 Å². The monoisotopic (exact) mass is 234 g/mol. The van der Waals surface area contributed by atoms with Crippen LogP contribution in [-0.2, 0) is 6.42 Å². The molecule has 0 saturated carbocycles. The highest BCUT2D eigenvalue weighted by Gasteiger charge is 2.20. The molecule has 1 aromatic carbocycles. The van der Waals surface area contributed by atoms with Gasteiger partial charge in [0.15, 0.2) is 11.5 Å². The summed E-state index contributed by atoms with van der Waals surface area (Å²) >= 11 is 0. The maximum Gasteiger partial charge on any atom is 0.231 e. The van der Waals surface area contributed by atoms with Gasteiger partial charge in [0.2, 0.25) is 6.79 Å². The lowest BCUT2D eigenvalue weighted by molar-refractivity contribution is 0.174. The molecule has 2 aliphatic heterocycles. The molecule has 0 radical (unpaired) electrons. The van der Waals surface area contributed by atoms with Crippen LogP contribution >= 0.6 is 0 Å². The Morgan fingerprint density at radius 2 is 2.12 bits per heavy atom. The van der Waals surface area contributed by atoms with E-state index in [1.165, 1.54) is 12.0 Å². The molecule has 4 heteroatoms. The first-order valence-corrected chi connectivity index (χ1v) is 6.21. The summed E-state index contributed by atoms with van der Waals surface area (Å²) in [5.41, 5.74) is 7.89. The van der Waals surface area contributed by atoms with Crippen LogP contribution < -0.4 is 20.3 Å². The van der Waals surface area contributed by atoms with Crippen molar-refractivity contribution in [2.45, 2.75) is 38.3 Å². The molecule has 0 amide bonds. The summed E-state index contributed by atoms with van der Waals surface area (Å²) in [7, 11) is 0. The number of hydrogen-bond donors (Lipinski definition) is 2. The van der Waals surface area contributed by atoms with E-state index >= 15 is 0 Å². The number of ether oxygens (including phenoxy) is 2. The van der Waals surface area contributed by atoms with Gasteiger partial charge in [-0.3, -0.25) is 10.9 Å². The van der Waals surface area contributed by atoms with E-state index in [-0.39, 0.29) is 0 Å². The van der Waals surface area contributed by atoms with Gasteiger partial charge in [-0.05, 0) is 43.9 Å². The average Bonchev–Trinajstić information content (AvgIpc) is 2.94. The summed E-state index contributed by atoms with van der Waals surface area (Å²) in [6.07, 6.45) is 3.42. The standard InChI is InChI=1S/C13H18N2O2/c1-9-6-11(15-14-9)4-2-10-3-5-12-13(7-10)17-8-16-12/h3,5,7,9,11,14-15H,2,4,6,8H2,1H3. The molecule has 92 valence electrons. The molecule has 2 aliphatic rings. The van der Waals surface area contributed by atoms with Gasteiger partial charge in [0.05, 0.1) is 0 Å². The van der Waals surface area contributed by atoms with Gasteiger partial charge in [-0.15, -0.1) is 0 Å². The van der Waals surface area contributed by atoms with Crippen molar-refractivity contribution in [3.8, 4) is 11.5 Å². The SMILES string of the molecule is CC1CC(CCc2ccc3c(c2)OCO3)NN1. The number of hydrogen-bond acceptors (Lipinski definition) is 4. The molecule has 2 heterocycles. The van der Waals surface area contributed by atoms with E-state index in [1.807, 2.05) is 6.07 Å². The first kappa shape index (κ1) is 10.9. The molecule has 0 bridgehead atoms. The van der Waals surface area contributed by atoms with Crippen molar-refractivity contribution >= 4 is 0 Å². The van der Waals surface area contributed by atoms with Crippen LogP contribution in [0, 0.1) is 0 Å². The molecule has 3 rings (SSSR count). The Hall–Kier alpha value is -1.26. The van der Waals surface area contributed by atoms with Gasteiger partial charge in [0, 0.05) is 12.1 Å². The van der Waals surface area contributed by atoms with Crippen LogP contribution in [-0.4, -0.2) is 18.9 Å². The quantitative estimate of drug-likeness (QED) is 0.833. The molecule has 2 N–H and O–H groups in total. The van der Waals surface area contributed by atoms with E-state index in [0.29, 0.717) is 18.9 Å². The fourth-order valence-electron chi connectivity index (χ4n) is 2.43. The van der Waals surface area contributed by atoms with Crippen LogP contribution in [0.1, 0.15) is 25.3 Å². The van der Waals surface area contributed by atoms with E-state index in [0.717, 1.165) is 24.3 Å². The van der Waals surface area contributed by atoms with Crippen molar-refractivity contribution in [3.63, 3.8) is 0 Å². The zero-order valence-electron chi connectivity index (χ0n) is 10.0. The van der Waals surface area contributed by atoms with Crippen LogP contribution in [0.15, 0.2) is 18.2 Å². The number of hydrazine groups is 1. The van der Waals surface area contributed by atoms with Gasteiger partial charge in [-0.1, -0.05) is 6.07 Å². The smallest absolute Gasteiger partial charge is 0.231 e. The largest absolute Gasteiger partial charge is 0.454 e. The molecular weight excluding hydrogens is 216 g/mol. The zero-order valence-corrected chi connectivity index (χ0v) is 10.0. The Bertz CT molecular complexity index is 408. The Labute approximate surface area is 101 Å². The van der Waals surface area contributed by atoms with Crippen molar-refractivity contribution in [2.75, 3.05) is 6.79 Å². The fourth-order valence-corrected chi connectivity index (χ4v) is 2.43. The van der Waals surface area contributed by atoms with E-state index in [2.05, 4.69) is 29.9 Å². The molecule has 17 heavy (non-hydrogen) atoms. The van der Waals surface area contributed by atoms with Crippen molar-refractivity contribution < 1.29 is 9.47 Å². The van der Waals surface area contributed by atoms with Gasteiger partial charge < -0.3 is 9.47 Å². The molecule has 0 aliphatic carbocycles. The van der Waals surface area contributed by atoms with Crippen molar-refractivity contribution in [2.24, 2.45) is 0 Å². The van der Waals surface area contributed by atoms with Crippen LogP contribution in [0.2, 0.25) is 0 Å². The first-order chi connectivity index (χ1) is 8.31. The summed E-state index contributed by atoms with van der Waals surface area (Å²) in [6.45, 7) is 2.55. The highest BCUT2D eigenvalue weighted by atomic mass is 16.7. The van der Waals surface area contributed by atoms with E-state index in [9.17, 15) is 0 Å². The van der Waals surface area contributed by atoms with Gasteiger partial charge in [0.25, 0.3) is 0 Å². The Balaban J connectivity index is 1.58. The first-order valence-electron chi connectivity index (χ1n) is 6.21. The van der Waals surface area contributed by atoms with E-state index in [4.69, 9.17) is 9.47 Å². The summed E-state index contributed by atoms with van der Waals surface area (Å²) in [5.74, 6) is 1.75. The molecule has 0 aromatic heterocycles. The number of nitrogens with one attached hydrogen (secondary N) is 2. The second-order valence-corrected chi connectivity index (χ2v) is 4.85. The zero-order chi connectivity index (χ0) is 11.7. The van der Waals surface area contributed by atoms with Gasteiger partial charge in [-0.25, -0.2) is 0 Å². The third-order valence-electron chi connectivity index (χ3n) is 3.39. The fraction of sp³-hybridized carbons (Fsp3) is 0.538. The van der Waals surface area contributed by atoms with Crippen molar-refractivity contribution in [1.82, 2.24) is 10.9 Å². The minimum atomic E-state index is 0.352. The van der Waals surface area contributed by atoms with E-state index < -0.39 is 0 Å². The normalized spacial score (nSPS) is 26.4. The third kappa shape index (κ3) is 2.37. The predicted molar refractivity (Wildman–Crippen MR) is 65.0 cm³/mol. The summed E-state index contributed by atoms with van der Waals surface area (Å²) < 4.78 is 10.7. The molecular formula is C13H18N2O2. The number of rotatable bonds is 3. The lowest BCUT2D eigenvalue weighted by Gasteiger charge is -2.09. The molecule has 1 fully saturated rings. The lowest BCUT2D eigenvalue weighted by atomic mass is 10.0. The predicted octanol–water partition coefficient (Wildman–Crippen LogP) is 1.60. The average molecular weight is 234 g/mol. The highest BCUT2D eigenvalue weighted by Crippen LogP contribution is 2.32. The molecule has 4 nitrogen and oxygen atoms in total. The summed E-state index contributed by atoms with van der Waals surface area (Å²) in [5, 5.41) is 0. The van der Waals surface area contributed by atoms with Crippen LogP contribution in [0.3, 0.4) is 0 Å². The molecule has 0 spiro atoms. The summed E-state index contributed by atoms with van der Waals surface area (Å²) in [6, 6.07) is 7.38. The molecule has 2 atom stereocenters. The second-order valence-electron chi connectivity index (χ2n) is 4.85. The maximum absolute atomic E-state index is 5.38. The Morgan fingerprint density at radius 1 is 1.24 bits per heavy atom. The van der Waals surface area contributed by atoms with Gasteiger partial charge in [0.1, 0.15) is 0 Å². The summed E-state index contributed by atoms with van der Waals surface area (Å²) in [4.78, 5) is 0. The number of benzene rings is 1. The highest BCUT2D eigenvalue weighted by molar-refractivity contribution is 5.44. The van der Waals surface area contributed by atoms with Gasteiger partial charge >= 0.3 is 0 Å². The Morgan fingerprint density at radius 3 is 2.94 bits per heavy atom. The second kappa shape index (κ2) is 4.55. The molecule has 2 unspecified atom stereocenters. The van der Waals surface area contributed by atoms with E-state index in [1.54, 1.807) is 0 Å². The number of aryl methyl sites for hydroxylation is 1. The maximum atomic E-state index is 5.38. The lowest BCUT2D eigenvalue weighted by Crippen LogP contribution is -2.32. The molecule has 1 saturated heterocycles.